The molecule has 1 aromatic rings. The number of aldehydes is 1. The Morgan fingerprint density at radius 3 is 2.83 bits per heavy atom. The van der Waals surface area contributed by atoms with Crippen LogP contribution in [0.1, 0.15) is 24.8 Å². The van der Waals surface area contributed by atoms with Crippen LogP contribution in [0.2, 0.25) is 0 Å². The molecule has 1 unspecified atom stereocenters. The Hall–Kier alpha value is -1.35. The number of nitrogens with zero attached hydrogens (tertiary/aromatic N) is 1. The molecule has 1 heterocycles. The zero-order valence-electron chi connectivity index (χ0n) is 11.0. The number of piperidine rings is 1. The van der Waals surface area contributed by atoms with Crippen molar-refractivity contribution in [2.24, 2.45) is 0 Å². The van der Waals surface area contributed by atoms with Crippen molar-refractivity contribution in [3.63, 3.8) is 0 Å². The maximum absolute atomic E-state index is 10.3. The van der Waals surface area contributed by atoms with Crippen LogP contribution in [0.15, 0.2) is 24.3 Å². The zero-order chi connectivity index (χ0) is 12.8. The molecule has 1 aliphatic heterocycles. The first-order valence-electron chi connectivity index (χ1n) is 6.65. The first kappa shape index (κ1) is 13.1. The van der Waals surface area contributed by atoms with E-state index >= 15 is 0 Å². The predicted octanol–water partition coefficient (Wildman–Crippen LogP) is 2.29. The molecule has 2 rings (SSSR count). The van der Waals surface area contributed by atoms with E-state index in [1.807, 2.05) is 24.3 Å². The lowest BCUT2D eigenvalue weighted by Crippen LogP contribution is -2.38. The highest BCUT2D eigenvalue weighted by atomic mass is 16.5. The number of aryl methyl sites for hydroxylation is 1. The molecule has 1 fully saturated rings. The first-order chi connectivity index (χ1) is 8.78. The van der Waals surface area contributed by atoms with Crippen LogP contribution in [-0.2, 0) is 11.2 Å². The van der Waals surface area contributed by atoms with Gasteiger partial charge in [0.2, 0.25) is 0 Å². The third kappa shape index (κ3) is 3.84. The van der Waals surface area contributed by atoms with Crippen LogP contribution >= 0.6 is 0 Å². The molecule has 1 saturated heterocycles. The fraction of sp³-hybridized carbons (Fsp3) is 0.533. The molecule has 0 aliphatic carbocycles. The van der Waals surface area contributed by atoms with Gasteiger partial charge >= 0.3 is 0 Å². The van der Waals surface area contributed by atoms with E-state index in [2.05, 4.69) is 11.9 Å². The Balaban J connectivity index is 1.87. The van der Waals surface area contributed by atoms with Gasteiger partial charge in [0.25, 0.3) is 0 Å². The van der Waals surface area contributed by atoms with Gasteiger partial charge in [0, 0.05) is 13.0 Å². The number of likely N-dealkylation sites (N-methyl/N-ethyl adjacent to an activating group) is 1. The highest BCUT2D eigenvalue weighted by molar-refractivity contribution is 5.50. The number of likely N-dealkylation sites (tertiary alicyclic amines) is 1. The molecule has 0 spiro atoms. The Bertz CT molecular complexity index is 375. The summed E-state index contributed by atoms with van der Waals surface area (Å²) in [6.07, 6.45) is 5.02. The summed E-state index contributed by atoms with van der Waals surface area (Å²) in [5, 5.41) is 0. The van der Waals surface area contributed by atoms with Gasteiger partial charge in [0.1, 0.15) is 18.1 Å². The molecular formula is C15H21NO2. The second-order valence-electron chi connectivity index (χ2n) is 4.99. The van der Waals surface area contributed by atoms with Crippen LogP contribution in [0.25, 0.3) is 0 Å². The molecule has 0 amide bonds. The molecule has 18 heavy (non-hydrogen) atoms. The van der Waals surface area contributed by atoms with Gasteiger partial charge in [-0.25, -0.2) is 0 Å². The van der Waals surface area contributed by atoms with Crippen LogP contribution in [0, 0.1) is 0 Å². The van der Waals surface area contributed by atoms with Crippen molar-refractivity contribution in [2.75, 3.05) is 20.1 Å². The van der Waals surface area contributed by atoms with Crippen molar-refractivity contribution in [2.45, 2.75) is 31.8 Å². The number of carbonyl (C=O) groups is 1. The largest absolute Gasteiger partial charge is 0.489 e. The summed E-state index contributed by atoms with van der Waals surface area (Å²) >= 11 is 0. The molecule has 3 nitrogen and oxygen atoms in total. The lowest BCUT2D eigenvalue weighted by molar-refractivity contribution is -0.107. The number of ether oxygens (including phenoxy) is 1. The molecule has 1 atom stereocenters. The lowest BCUT2D eigenvalue weighted by atomic mass is 10.1. The van der Waals surface area contributed by atoms with E-state index in [9.17, 15) is 4.79 Å². The van der Waals surface area contributed by atoms with Gasteiger partial charge < -0.3 is 14.4 Å². The zero-order valence-corrected chi connectivity index (χ0v) is 11.0. The Kier molecular flexibility index (Phi) is 4.76. The van der Waals surface area contributed by atoms with Gasteiger partial charge in [0.05, 0.1) is 0 Å². The van der Waals surface area contributed by atoms with Crippen LogP contribution in [0.5, 0.6) is 5.75 Å². The number of hydrogen-bond donors (Lipinski definition) is 0. The van der Waals surface area contributed by atoms with Gasteiger partial charge in [-0.15, -0.1) is 0 Å². The molecule has 3 heteroatoms. The van der Waals surface area contributed by atoms with E-state index in [4.69, 9.17) is 4.74 Å². The van der Waals surface area contributed by atoms with Crippen LogP contribution in [0.3, 0.4) is 0 Å². The third-order valence-electron chi connectivity index (χ3n) is 3.36. The highest BCUT2D eigenvalue weighted by Crippen LogP contribution is 2.18. The van der Waals surface area contributed by atoms with Gasteiger partial charge in [-0.05, 0) is 50.6 Å². The van der Waals surface area contributed by atoms with Crippen molar-refractivity contribution in [1.82, 2.24) is 4.90 Å². The minimum Gasteiger partial charge on any atom is -0.489 e. The molecule has 0 radical (unpaired) electrons. The first-order valence-corrected chi connectivity index (χ1v) is 6.65. The van der Waals surface area contributed by atoms with Crippen molar-refractivity contribution >= 4 is 6.29 Å². The fourth-order valence-electron chi connectivity index (χ4n) is 2.37. The van der Waals surface area contributed by atoms with Crippen LogP contribution < -0.4 is 4.74 Å². The Morgan fingerprint density at radius 1 is 1.39 bits per heavy atom. The van der Waals surface area contributed by atoms with E-state index < -0.39 is 0 Å². The SMILES string of the molecule is CN1CCCC(Oc2ccc(CCC=O)cc2)C1. The van der Waals surface area contributed by atoms with Crippen molar-refractivity contribution in [3.8, 4) is 5.75 Å². The van der Waals surface area contributed by atoms with Gasteiger partial charge in [-0.3, -0.25) is 0 Å². The van der Waals surface area contributed by atoms with Gasteiger partial charge in [-0.1, -0.05) is 12.1 Å². The monoisotopic (exact) mass is 247 g/mol. The molecule has 98 valence electrons. The topological polar surface area (TPSA) is 29.5 Å². The summed E-state index contributed by atoms with van der Waals surface area (Å²) in [5.74, 6) is 0.935. The summed E-state index contributed by atoms with van der Waals surface area (Å²) in [7, 11) is 2.14. The standard InChI is InChI=1S/C15H21NO2/c1-16-10-2-5-15(12-16)18-14-8-6-13(7-9-14)4-3-11-17/h6-9,11,15H,2-5,10,12H2,1H3. The normalized spacial score (nSPS) is 20.6. The molecule has 0 bridgehead atoms. The fourth-order valence-corrected chi connectivity index (χ4v) is 2.37. The number of carbonyl (C=O) groups excluding carboxylic acids is 1. The summed E-state index contributed by atoms with van der Waals surface area (Å²) in [5.41, 5.74) is 1.19. The van der Waals surface area contributed by atoms with E-state index in [0.29, 0.717) is 12.5 Å². The van der Waals surface area contributed by atoms with E-state index in [-0.39, 0.29) is 0 Å². The molecule has 1 aliphatic rings. The maximum Gasteiger partial charge on any atom is 0.120 e. The van der Waals surface area contributed by atoms with Crippen LogP contribution in [0.4, 0.5) is 0 Å². The minimum atomic E-state index is 0.310. The highest BCUT2D eigenvalue weighted by Gasteiger charge is 2.18. The molecule has 1 aromatic carbocycles. The predicted molar refractivity (Wildman–Crippen MR) is 72.0 cm³/mol. The maximum atomic E-state index is 10.3. The van der Waals surface area contributed by atoms with E-state index in [0.717, 1.165) is 31.4 Å². The smallest absolute Gasteiger partial charge is 0.120 e. The van der Waals surface area contributed by atoms with Crippen molar-refractivity contribution in [3.05, 3.63) is 29.8 Å². The summed E-state index contributed by atoms with van der Waals surface area (Å²) in [4.78, 5) is 12.6. The minimum absolute atomic E-state index is 0.310. The average molecular weight is 247 g/mol. The second kappa shape index (κ2) is 6.55. The third-order valence-corrected chi connectivity index (χ3v) is 3.36. The average Bonchev–Trinajstić information content (AvgIpc) is 2.38. The Labute approximate surface area is 109 Å². The van der Waals surface area contributed by atoms with Gasteiger partial charge in [-0.2, -0.15) is 0 Å². The van der Waals surface area contributed by atoms with Crippen molar-refractivity contribution in [1.29, 1.82) is 0 Å². The summed E-state index contributed by atoms with van der Waals surface area (Å²) in [6.45, 7) is 2.18. The second-order valence-corrected chi connectivity index (χ2v) is 4.99. The summed E-state index contributed by atoms with van der Waals surface area (Å²) < 4.78 is 5.97. The van der Waals surface area contributed by atoms with Crippen molar-refractivity contribution < 1.29 is 9.53 Å². The van der Waals surface area contributed by atoms with E-state index in [1.54, 1.807) is 0 Å². The molecule has 0 N–H and O–H groups in total. The Morgan fingerprint density at radius 2 is 2.17 bits per heavy atom. The van der Waals surface area contributed by atoms with Gasteiger partial charge in [0.15, 0.2) is 0 Å². The molecule has 0 aromatic heterocycles. The van der Waals surface area contributed by atoms with Crippen LogP contribution in [-0.4, -0.2) is 37.4 Å². The summed E-state index contributed by atoms with van der Waals surface area (Å²) in [6, 6.07) is 8.11. The number of rotatable bonds is 5. The number of hydrogen-bond acceptors (Lipinski definition) is 3. The molecule has 0 saturated carbocycles. The lowest BCUT2D eigenvalue weighted by Gasteiger charge is -2.30. The number of benzene rings is 1. The quantitative estimate of drug-likeness (QED) is 0.748. The van der Waals surface area contributed by atoms with E-state index in [1.165, 1.54) is 18.5 Å². The molecular weight excluding hydrogens is 226 g/mol.